The van der Waals surface area contributed by atoms with E-state index < -0.39 is 65.6 Å². The Kier molecular flexibility index (Phi) is 7.92. The Morgan fingerprint density at radius 2 is 0.750 bits per heavy atom. The molecule has 1 heterocycles. The van der Waals surface area contributed by atoms with Crippen LogP contribution in [0.1, 0.15) is 0 Å². The molecule has 0 bridgehead atoms. The SMILES string of the molecule is CP1(C)=NP(C)([CH2][Sn]([CH3])([CH3])[CH3])=NP(C)(C)=NP(C)([CH2][Sn]([CH3])([CH3])[CH3])=N1. The van der Waals surface area contributed by atoms with Crippen LogP contribution in [0.3, 0.4) is 0 Å². The molecule has 2 atom stereocenters. The maximum atomic E-state index is 5.47. The Morgan fingerprint density at radius 1 is 0.500 bits per heavy atom. The first-order chi connectivity index (χ1) is 10.2. The molecule has 1 aliphatic heterocycles. The molecular formula is C14H40N4P4Sn2. The van der Waals surface area contributed by atoms with Crippen molar-refractivity contribution in [1.82, 2.24) is 0 Å². The van der Waals surface area contributed by atoms with E-state index in [2.05, 4.69) is 69.6 Å². The van der Waals surface area contributed by atoms with E-state index in [1.807, 2.05) is 0 Å². The fraction of sp³-hybridized carbons (Fsp3) is 1.00. The molecule has 1 rings (SSSR count). The first-order valence-electron chi connectivity index (χ1n) is 8.62. The van der Waals surface area contributed by atoms with Crippen LogP contribution in [-0.2, 0) is 0 Å². The van der Waals surface area contributed by atoms with Crippen LogP contribution in [-0.4, -0.2) is 85.1 Å². The molecular weight excluding hydrogens is 585 g/mol. The van der Waals surface area contributed by atoms with Gasteiger partial charge < -0.3 is 0 Å². The van der Waals surface area contributed by atoms with Gasteiger partial charge in [0.05, 0.1) is 0 Å². The van der Waals surface area contributed by atoms with Gasteiger partial charge in [0.15, 0.2) is 0 Å². The Hall–Kier alpha value is 2.52. The number of hydrogen-bond acceptors (Lipinski definition) is 4. The summed E-state index contributed by atoms with van der Waals surface area (Å²) in [4.78, 5) is 15.1. The first kappa shape index (κ1) is 24.6. The average Bonchev–Trinajstić information content (AvgIpc) is 1.98. The van der Waals surface area contributed by atoms with Crippen LogP contribution in [0, 0.1) is 0 Å². The second kappa shape index (κ2) is 7.74. The summed E-state index contributed by atoms with van der Waals surface area (Å²) >= 11 is -3.94. The maximum absolute atomic E-state index is 5.47. The molecule has 0 saturated heterocycles. The zero-order valence-electron chi connectivity index (χ0n) is 18.0. The molecule has 24 heavy (non-hydrogen) atoms. The zero-order chi connectivity index (χ0) is 19.2. The molecule has 10 heteroatoms. The van der Waals surface area contributed by atoms with E-state index >= 15 is 0 Å². The Bertz CT molecular complexity index is 652. The van der Waals surface area contributed by atoms with Gasteiger partial charge in [0.25, 0.3) is 0 Å². The van der Waals surface area contributed by atoms with Crippen molar-refractivity contribution < 1.29 is 0 Å². The first-order valence-corrected chi connectivity index (χ1v) is 39.6. The van der Waals surface area contributed by atoms with Gasteiger partial charge in [-0.1, -0.05) is 0 Å². The van der Waals surface area contributed by atoms with E-state index in [1.165, 1.54) is 8.36 Å². The van der Waals surface area contributed by atoms with Crippen LogP contribution in [0.15, 0.2) is 18.1 Å². The van der Waals surface area contributed by atoms with Crippen LogP contribution in [0.5, 0.6) is 0 Å². The Balaban J connectivity index is 3.68. The fourth-order valence-corrected chi connectivity index (χ4v) is 62.7. The zero-order valence-corrected chi connectivity index (χ0v) is 27.3. The summed E-state index contributed by atoms with van der Waals surface area (Å²) < 4.78 is 24.4. The van der Waals surface area contributed by atoms with E-state index in [9.17, 15) is 0 Å². The topological polar surface area (TPSA) is 49.4 Å². The molecule has 144 valence electrons. The standard InChI is InChI=1S/C8H22N4P4.6CH3.2Sn/c1-13(2)9-14(3,4)11-16(7,8)12-15(5,6)10-13;;;;;;;;/h1,7H2,2-6,8H3;6*1H3;;. The molecule has 0 aromatic heterocycles. The van der Waals surface area contributed by atoms with Crippen molar-refractivity contribution in [3.8, 4) is 0 Å². The third-order valence-electron chi connectivity index (χ3n) is 3.19. The van der Waals surface area contributed by atoms with Gasteiger partial charge in [-0.05, 0) is 0 Å². The van der Waals surface area contributed by atoms with Gasteiger partial charge in [0, 0.05) is 0 Å². The van der Waals surface area contributed by atoms with Gasteiger partial charge in [0.2, 0.25) is 0 Å². The van der Waals surface area contributed by atoms with Crippen molar-refractivity contribution in [3.63, 3.8) is 0 Å². The van der Waals surface area contributed by atoms with Gasteiger partial charge in [-0.3, -0.25) is 0 Å². The predicted octanol–water partition coefficient (Wildman–Crippen LogP) is 8.00. The minimum absolute atomic E-state index is 1.28. The minimum atomic E-state index is -1.97. The van der Waals surface area contributed by atoms with Crippen molar-refractivity contribution in [1.29, 1.82) is 0 Å². The number of nitrogens with zero attached hydrogens (tertiary/aromatic N) is 4. The van der Waals surface area contributed by atoms with Gasteiger partial charge >= 0.3 is 162 Å². The Labute approximate surface area is 160 Å². The van der Waals surface area contributed by atoms with Crippen molar-refractivity contribution in [3.05, 3.63) is 0 Å². The fourth-order valence-electron chi connectivity index (χ4n) is 3.88. The molecule has 0 aliphatic carbocycles. The predicted molar refractivity (Wildman–Crippen MR) is 129 cm³/mol. The van der Waals surface area contributed by atoms with E-state index in [1.54, 1.807) is 0 Å². The molecule has 2 unspecified atom stereocenters. The monoisotopic (exact) mass is 628 g/mol. The molecule has 0 fully saturated rings. The number of rotatable bonds is 4. The van der Waals surface area contributed by atoms with Crippen molar-refractivity contribution in [2.75, 3.05) is 48.3 Å². The summed E-state index contributed by atoms with van der Waals surface area (Å²) in [6.45, 7) is 14.0. The third-order valence-corrected chi connectivity index (χ3v) is 46.0. The van der Waals surface area contributed by atoms with Gasteiger partial charge in [-0.15, -0.1) is 0 Å². The van der Waals surface area contributed by atoms with Crippen LogP contribution in [0.2, 0.25) is 29.6 Å². The summed E-state index contributed by atoms with van der Waals surface area (Å²) in [6.07, 6.45) is 0. The summed E-state index contributed by atoms with van der Waals surface area (Å²) in [7, 11) is -6.50. The number of hydrogen-bond donors (Lipinski definition) is 0. The van der Waals surface area contributed by atoms with Crippen molar-refractivity contribution >= 4 is 65.6 Å². The van der Waals surface area contributed by atoms with E-state index in [4.69, 9.17) is 18.1 Å². The molecule has 0 aromatic rings. The average molecular weight is 626 g/mol. The van der Waals surface area contributed by atoms with Gasteiger partial charge in [-0.2, -0.15) is 0 Å². The second-order valence-electron chi connectivity index (χ2n) is 10.6. The van der Waals surface area contributed by atoms with Crippen molar-refractivity contribution in [2.45, 2.75) is 29.6 Å². The van der Waals surface area contributed by atoms with Gasteiger partial charge in [0.1, 0.15) is 0 Å². The normalized spacial score (nSPS) is 33.2. The summed E-state index contributed by atoms with van der Waals surface area (Å²) in [5.74, 6) is 0. The molecule has 0 aromatic carbocycles. The van der Waals surface area contributed by atoms with Crippen LogP contribution in [0.4, 0.5) is 0 Å². The summed E-state index contributed by atoms with van der Waals surface area (Å²) in [6, 6.07) is 0. The van der Waals surface area contributed by atoms with Crippen LogP contribution in [0.25, 0.3) is 0 Å². The van der Waals surface area contributed by atoms with Crippen LogP contribution >= 0.6 is 28.8 Å². The molecule has 0 radical (unpaired) electrons. The molecule has 0 N–H and O–H groups in total. The van der Waals surface area contributed by atoms with Crippen molar-refractivity contribution in [2.24, 2.45) is 18.1 Å². The third kappa shape index (κ3) is 9.14. The van der Waals surface area contributed by atoms with E-state index in [-0.39, 0.29) is 0 Å². The Morgan fingerprint density at radius 3 is 0.958 bits per heavy atom. The second-order valence-corrected chi connectivity index (χ2v) is 58.5. The van der Waals surface area contributed by atoms with Gasteiger partial charge in [-0.25, -0.2) is 0 Å². The van der Waals surface area contributed by atoms with E-state index in [0.717, 1.165) is 0 Å². The molecule has 0 saturated carbocycles. The molecule has 4 nitrogen and oxygen atoms in total. The summed E-state index contributed by atoms with van der Waals surface area (Å²) in [5.41, 5.74) is 0. The molecule has 1 aliphatic rings. The molecule has 0 spiro atoms. The van der Waals surface area contributed by atoms with Crippen LogP contribution < -0.4 is 0 Å². The molecule has 0 amide bonds. The van der Waals surface area contributed by atoms with E-state index in [0.29, 0.717) is 0 Å². The quantitative estimate of drug-likeness (QED) is 0.225. The summed E-state index contributed by atoms with van der Waals surface area (Å²) in [5, 5.41) is 0.